The number of carbonyl (C=O) groups excluding carboxylic acids is 1. The summed E-state index contributed by atoms with van der Waals surface area (Å²) < 4.78 is 40.8. The van der Waals surface area contributed by atoms with Gasteiger partial charge in [-0.15, -0.1) is 0 Å². The van der Waals surface area contributed by atoms with Crippen LogP contribution in [-0.4, -0.2) is 44.8 Å². The molecule has 0 radical (unpaired) electrons. The second kappa shape index (κ2) is 7.19. The lowest BCUT2D eigenvalue weighted by Gasteiger charge is -2.23. The summed E-state index contributed by atoms with van der Waals surface area (Å²) in [5.74, 6) is -0.357. The number of halogens is 3. The Morgan fingerprint density at radius 3 is 2.64 bits per heavy atom. The van der Waals surface area contributed by atoms with Crippen molar-refractivity contribution in [3.05, 3.63) is 47.9 Å². The summed E-state index contributed by atoms with van der Waals surface area (Å²) in [6, 6.07) is 6.02. The fourth-order valence-corrected chi connectivity index (χ4v) is 3.22. The molecule has 10 heteroatoms. The molecule has 0 bridgehead atoms. The van der Waals surface area contributed by atoms with Gasteiger partial charge in [0.05, 0.1) is 11.1 Å². The van der Waals surface area contributed by atoms with Crippen LogP contribution in [0.5, 0.6) is 0 Å². The van der Waals surface area contributed by atoms with Gasteiger partial charge in [-0.1, -0.05) is 18.2 Å². The van der Waals surface area contributed by atoms with Crippen molar-refractivity contribution < 1.29 is 18.0 Å². The molecule has 1 aliphatic rings. The van der Waals surface area contributed by atoms with Crippen LogP contribution in [0, 0.1) is 0 Å². The molecule has 7 nitrogen and oxygen atoms in total. The van der Waals surface area contributed by atoms with E-state index in [1.807, 2.05) is 0 Å². The Kier molecular flexibility index (Phi) is 4.71. The number of alkyl halides is 3. The molecule has 0 spiro atoms. The van der Waals surface area contributed by atoms with Crippen molar-refractivity contribution in [1.82, 2.24) is 30.4 Å². The molecule has 2 N–H and O–H groups in total. The molecule has 146 valence electrons. The third-order valence-electron chi connectivity index (χ3n) is 4.58. The van der Waals surface area contributed by atoms with Gasteiger partial charge in [0.1, 0.15) is 0 Å². The number of piperidine rings is 1. The molecule has 3 aromatic rings. The van der Waals surface area contributed by atoms with E-state index in [4.69, 9.17) is 0 Å². The van der Waals surface area contributed by atoms with Gasteiger partial charge in [0.15, 0.2) is 5.69 Å². The predicted molar refractivity (Wildman–Crippen MR) is 95.0 cm³/mol. The summed E-state index contributed by atoms with van der Waals surface area (Å²) in [7, 11) is 0. The Morgan fingerprint density at radius 2 is 1.96 bits per heavy atom. The predicted octanol–water partition coefficient (Wildman–Crippen LogP) is 2.32. The van der Waals surface area contributed by atoms with Gasteiger partial charge in [-0.2, -0.15) is 23.0 Å². The third-order valence-corrected chi connectivity index (χ3v) is 4.58. The first-order valence-electron chi connectivity index (χ1n) is 8.82. The lowest BCUT2D eigenvalue weighted by Crippen LogP contribution is -2.45. The number of para-hydroxylation sites is 1. The highest BCUT2D eigenvalue weighted by Crippen LogP contribution is 2.34. The van der Waals surface area contributed by atoms with Gasteiger partial charge in [-0.25, -0.2) is 9.97 Å². The van der Waals surface area contributed by atoms with E-state index in [2.05, 4.69) is 25.7 Å². The van der Waals surface area contributed by atoms with Gasteiger partial charge in [0.25, 0.3) is 11.9 Å². The zero-order valence-electron chi connectivity index (χ0n) is 14.7. The maximum Gasteiger partial charge on any atom is 0.435 e. The van der Waals surface area contributed by atoms with Crippen LogP contribution in [0.2, 0.25) is 0 Å². The molecular weight excluding hydrogens is 373 g/mol. The summed E-state index contributed by atoms with van der Waals surface area (Å²) in [4.78, 5) is 20.4. The van der Waals surface area contributed by atoms with E-state index < -0.39 is 11.9 Å². The van der Waals surface area contributed by atoms with Crippen LogP contribution >= 0.6 is 0 Å². The minimum atomic E-state index is -4.60. The van der Waals surface area contributed by atoms with E-state index in [0.29, 0.717) is 6.54 Å². The Labute approximate surface area is 158 Å². The number of nitrogens with zero attached hydrogens (tertiary/aromatic N) is 4. The second-order valence-corrected chi connectivity index (χ2v) is 6.56. The van der Waals surface area contributed by atoms with Crippen LogP contribution in [0.3, 0.4) is 0 Å². The first-order chi connectivity index (χ1) is 13.4. The number of amides is 1. The van der Waals surface area contributed by atoms with Crippen LogP contribution in [0.4, 0.5) is 13.2 Å². The highest BCUT2D eigenvalue weighted by molar-refractivity contribution is 5.93. The van der Waals surface area contributed by atoms with Gasteiger partial charge < -0.3 is 10.6 Å². The van der Waals surface area contributed by atoms with Gasteiger partial charge in [-0.05, 0) is 25.5 Å². The van der Waals surface area contributed by atoms with Gasteiger partial charge >= 0.3 is 6.18 Å². The summed E-state index contributed by atoms with van der Waals surface area (Å²) in [5.41, 5.74) is -0.527. The van der Waals surface area contributed by atoms with E-state index in [0.717, 1.165) is 24.1 Å². The lowest BCUT2D eigenvalue weighted by molar-refractivity contribution is -0.140. The van der Waals surface area contributed by atoms with Crippen molar-refractivity contribution in [3.63, 3.8) is 0 Å². The van der Waals surface area contributed by atoms with E-state index in [1.165, 1.54) is 30.6 Å². The molecule has 4 rings (SSSR count). The summed E-state index contributed by atoms with van der Waals surface area (Å²) >= 11 is 0. The van der Waals surface area contributed by atoms with E-state index in [-0.39, 0.29) is 34.4 Å². The van der Waals surface area contributed by atoms with Gasteiger partial charge in [0, 0.05) is 30.4 Å². The number of hydrogen-bond donors (Lipinski definition) is 2. The molecule has 1 amide bonds. The smallest absolute Gasteiger partial charge is 0.348 e. The Hall–Kier alpha value is -3.01. The lowest BCUT2D eigenvalue weighted by atomic mass is 10.1. The fraction of sp³-hybridized carbons (Fsp3) is 0.333. The summed E-state index contributed by atoms with van der Waals surface area (Å²) in [5, 5.41) is 9.72. The van der Waals surface area contributed by atoms with Crippen molar-refractivity contribution in [2.45, 2.75) is 25.1 Å². The van der Waals surface area contributed by atoms with Gasteiger partial charge in [0.2, 0.25) is 0 Å². The number of nitrogens with one attached hydrogen (secondary N) is 2. The molecule has 28 heavy (non-hydrogen) atoms. The minimum Gasteiger partial charge on any atom is -0.348 e. The van der Waals surface area contributed by atoms with Crippen LogP contribution in [-0.2, 0) is 6.18 Å². The third kappa shape index (κ3) is 3.55. The zero-order valence-corrected chi connectivity index (χ0v) is 14.7. The maximum atomic E-state index is 13.3. The maximum absolute atomic E-state index is 13.3. The monoisotopic (exact) mass is 390 g/mol. The first kappa shape index (κ1) is 18.4. The minimum absolute atomic E-state index is 0.0327. The standard InChI is InChI=1S/C18H17F3N6O/c19-18(20,21)15-13-5-1-2-6-14(13)27(26-15)17-23-8-11(9-24-17)16(28)25-12-4-3-7-22-10-12/h1-2,5-6,8-9,12,22H,3-4,7,10H2,(H,25,28). The van der Waals surface area contributed by atoms with Crippen molar-refractivity contribution in [2.24, 2.45) is 0 Å². The number of carbonyl (C=O) groups is 1. The summed E-state index contributed by atoms with van der Waals surface area (Å²) in [6.07, 6.45) is -0.153. The quantitative estimate of drug-likeness (QED) is 0.717. The molecule has 1 saturated heterocycles. The molecule has 1 aliphatic heterocycles. The normalized spacial score (nSPS) is 17.6. The number of aromatic nitrogens is 4. The van der Waals surface area contributed by atoms with Crippen LogP contribution in [0.15, 0.2) is 36.7 Å². The average Bonchev–Trinajstić information content (AvgIpc) is 3.09. The molecule has 1 unspecified atom stereocenters. The number of rotatable bonds is 3. The van der Waals surface area contributed by atoms with Crippen LogP contribution < -0.4 is 10.6 Å². The van der Waals surface area contributed by atoms with E-state index in [9.17, 15) is 18.0 Å². The number of hydrogen-bond acceptors (Lipinski definition) is 5. The Balaban J connectivity index is 1.61. The average molecular weight is 390 g/mol. The van der Waals surface area contributed by atoms with Gasteiger partial charge in [-0.3, -0.25) is 4.79 Å². The molecule has 3 heterocycles. The number of fused-ring (bicyclic) bond motifs is 1. The number of benzene rings is 1. The molecule has 0 saturated carbocycles. The first-order valence-corrected chi connectivity index (χ1v) is 8.82. The van der Waals surface area contributed by atoms with Crippen molar-refractivity contribution in [3.8, 4) is 5.95 Å². The fourth-order valence-electron chi connectivity index (χ4n) is 3.22. The zero-order chi connectivity index (χ0) is 19.7. The van der Waals surface area contributed by atoms with Crippen LogP contribution in [0.25, 0.3) is 16.9 Å². The Bertz CT molecular complexity index is 993. The molecule has 1 atom stereocenters. The molecule has 2 aromatic heterocycles. The van der Waals surface area contributed by atoms with E-state index in [1.54, 1.807) is 6.07 Å². The van der Waals surface area contributed by atoms with Crippen molar-refractivity contribution in [1.29, 1.82) is 0 Å². The van der Waals surface area contributed by atoms with Crippen LogP contribution in [0.1, 0.15) is 28.9 Å². The molecular formula is C18H17F3N6O. The molecule has 1 fully saturated rings. The summed E-state index contributed by atoms with van der Waals surface area (Å²) in [6.45, 7) is 1.63. The second-order valence-electron chi connectivity index (χ2n) is 6.56. The molecule has 0 aliphatic carbocycles. The van der Waals surface area contributed by atoms with Crippen molar-refractivity contribution in [2.75, 3.05) is 13.1 Å². The molecule has 1 aromatic carbocycles. The topological polar surface area (TPSA) is 84.7 Å². The van der Waals surface area contributed by atoms with E-state index >= 15 is 0 Å². The highest BCUT2D eigenvalue weighted by Gasteiger charge is 2.37. The van der Waals surface area contributed by atoms with Crippen molar-refractivity contribution >= 4 is 16.8 Å². The Morgan fingerprint density at radius 1 is 1.21 bits per heavy atom. The highest BCUT2D eigenvalue weighted by atomic mass is 19.4. The largest absolute Gasteiger partial charge is 0.435 e. The SMILES string of the molecule is O=C(NC1CCCNC1)c1cnc(-n2nc(C(F)(F)F)c3ccccc32)nc1.